The molecule has 1 N–H and O–H groups in total. The smallest absolute Gasteiger partial charge is 0.335 e. The van der Waals surface area contributed by atoms with E-state index in [4.69, 9.17) is 14.6 Å². The Labute approximate surface area is 107 Å². The SMILES string of the molecule is COC1CCC(C)(Oc2ccc(C(=O)O)cc2)C1. The maximum Gasteiger partial charge on any atom is 0.335 e. The average Bonchev–Trinajstić information content (AvgIpc) is 2.71. The Morgan fingerprint density at radius 3 is 2.56 bits per heavy atom. The van der Waals surface area contributed by atoms with Crippen molar-refractivity contribution in [2.24, 2.45) is 0 Å². The van der Waals surface area contributed by atoms with Gasteiger partial charge in [0.25, 0.3) is 0 Å². The van der Waals surface area contributed by atoms with Gasteiger partial charge < -0.3 is 14.6 Å². The molecule has 2 atom stereocenters. The minimum Gasteiger partial charge on any atom is -0.487 e. The predicted octanol–water partition coefficient (Wildman–Crippen LogP) is 2.72. The molecule has 0 heterocycles. The largest absolute Gasteiger partial charge is 0.487 e. The number of carbonyl (C=O) groups is 1. The highest BCUT2D eigenvalue weighted by molar-refractivity contribution is 5.87. The molecule has 18 heavy (non-hydrogen) atoms. The summed E-state index contributed by atoms with van der Waals surface area (Å²) in [5.74, 6) is -0.215. The van der Waals surface area contributed by atoms with Gasteiger partial charge in [-0.2, -0.15) is 0 Å². The van der Waals surface area contributed by atoms with E-state index in [-0.39, 0.29) is 17.3 Å². The van der Waals surface area contributed by atoms with Crippen molar-refractivity contribution in [1.82, 2.24) is 0 Å². The van der Waals surface area contributed by atoms with Crippen LogP contribution >= 0.6 is 0 Å². The van der Waals surface area contributed by atoms with Crippen LogP contribution in [0.4, 0.5) is 0 Å². The molecule has 98 valence electrons. The molecule has 4 nitrogen and oxygen atoms in total. The molecule has 1 aliphatic carbocycles. The molecule has 0 radical (unpaired) electrons. The van der Waals surface area contributed by atoms with Crippen molar-refractivity contribution in [3.63, 3.8) is 0 Å². The number of carboxylic acids is 1. The van der Waals surface area contributed by atoms with Crippen molar-refractivity contribution in [2.75, 3.05) is 7.11 Å². The molecule has 1 aromatic rings. The topological polar surface area (TPSA) is 55.8 Å². The average molecular weight is 250 g/mol. The molecule has 2 rings (SSSR count). The van der Waals surface area contributed by atoms with Gasteiger partial charge >= 0.3 is 5.97 Å². The van der Waals surface area contributed by atoms with Gasteiger partial charge in [0.05, 0.1) is 11.7 Å². The Bertz CT molecular complexity index is 426. The number of aromatic carboxylic acids is 1. The molecule has 4 heteroatoms. The molecular formula is C14H18O4. The fraction of sp³-hybridized carbons (Fsp3) is 0.500. The van der Waals surface area contributed by atoms with Gasteiger partial charge in [-0.3, -0.25) is 0 Å². The monoisotopic (exact) mass is 250 g/mol. The van der Waals surface area contributed by atoms with Crippen molar-refractivity contribution in [3.8, 4) is 5.75 Å². The summed E-state index contributed by atoms with van der Waals surface area (Å²) >= 11 is 0. The Hall–Kier alpha value is -1.55. The minimum atomic E-state index is -0.923. The van der Waals surface area contributed by atoms with Crippen molar-refractivity contribution in [3.05, 3.63) is 29.8 Å². The van der Waals surface area contributed by atoms with Gasteiger partial charge in [-0.1, -0.05) is 0 Å². The van der Waals surface area contributed by atoms with E-state index in [0.717, 1.165) is 19.3 Å². The van der Waals surface area contributed by atoms with E-state index in [2.05, 4.69) is 6.92 Å². The number of ether oxygens (including phenoxy) is 2. The lowest BCUT2D eigenvalue weighted by Gasteiger charge is -2.26. The van der Waals surface area contributed by atoms with Gasteiger partial charge in [-0.05, 0) is 44.0 Å². The predicted molar refractivity (Wildman–Crippen MR) is 67.1 cm³/mol. The van der Waals surface area contributed by atoms with E-state index in [1.807, 2.05) is 0 Å². The van der Waals surface area contributed by atoms with Crippen LogP contribution in [0.5, 0.6) is 5.75 Å². The van der Waals surface area contributed by atoms with Crippen molar-refractivity contribution in [2.45, 2.75) is 37.9 Å². The third-order valence-corrected chi connectivity index (χ3v) is 3.45. The highest BCUT2D eigenvalue weighted by Gasteiger charge is 2.37. The van der Waals surface area contributed by atoms with Gasteiger partial charge in [0, 0.05) is 13.5 Å². The van der Waals surface area contributed by atoms with E-state index < -0.39 is 5.97 Å². The fourth-order valence-electron chi connectivity index (χ4n) is 2.40. The minimum absolute atomic E-state index is 0.217. The first-order chi connectivity index (χ1) is 8.52. The second kappa shape index (κ2) is 4.98. The van der Waals surface area contributed by atoms with Gasteiger partial charge in [-0.15, -0.1) is 0 Å². The van der Waals surface area contributed by atoms with E-state index >= 15 is 0 Å². The Kier molecular flexibility index (Phi) is 3.57. The van der Waals surface area contributed by atoms with Gasteiger partial charge in [0.2, 0.25) is 0 Å². The molecule has 0 spiro atoms. The molecule has 0 bridgehead atoms. The number of carboxylic acid groups (broad SMARTS) is 1. The summed E-state index contributed by atoms with van der Waals surface area (Å²) in [6, 6.07) is 6.53. The fourth-order valence-corrected chi connectivity index (χ4v) is 2.40. The lowest BCUT2D eigenvalue weighted by atomic mass is 10.1. The molecule has 0 aromatic heterocycles. The van der Waals surface area contributed by atoms with E-state index in [0.29, 0.717) is 5.75 Å². The zero-order chi connectivity index (χ0) is 13.2. The summed E-state index contributed by atoms with van der Waals surface area (Å²) in [4.78, 5) is 10.7. The first-order valence-electron chi connectivity index (χ1n) is 6.07. The third kappa shape index (κ3) is 2.82. The zero-order valence-electron chi connectivity index (χ0n) is 10.7. The van der Waals surface area contributed by atoms with E-state index in [1.165, 1.54) is 0 Å². The standard InChI is InChI=1S/C14H18O4/c1-14(8-7-12(9-14)17-2)18-11-5-3-10(4-6-11)13(15)16/h3-6,12H,7-9H2,1-2H3,(H,15,16). The molecule has 1 saturated carbocycles. The zero-order valence-corrected chi connectivity index (χ0v) is 10.7. The molecule has 0 amide bonds. The quantitative estimate of drug-likeness (QED) is 0.892. The molecule has 1 aromatic carbocycles. The summed E-state index contributed by atoms with van der Waals surface area (Å²) in [6.07, 6.45) is 3.07. The molecule has 0 saturated heterocycles. The first-order valence-corrected chi connectivity index (χ1v) is 6.07. The number of hydrogen-bond donors (Lipinski definition) is 1. The molecule has 2 unspecified atom stereocenters. The van der Waals surface area contributed by atoms with Crippen LogP contribution in [-0.2, 0) is 4.74 Å². The summed E-state index contributed by atoms with van der Waals surface area (Å²) in [6.45, 7) is 2.07. The Morgan fingerprint density at radius 2 is 2.06 bits per heavy atom. The molecule has 0 aliphatic heterocycles. The number of benzene rings is 1. The molecule has 1 aliphatic rings. The maximum atomic E-state index is 10.7. The Morgan fingerprint density at radius 1 is 1.39 bits per heavy atom. The van der Waals surface area contributed by atoms with Crippen LogP contribution in [0.15, 0.2) is 24.3 Å². The van der Waals surface area contributed by atoms with Crippen LogP contribution in [0.25, 0.3) is 0 Å². The van der Waals surface area contributed by atoms with Crippen LogP contribution in [0.1, 0.15) is 36.5 Å². The molecule has 1 fully saturated rings. The van der Waals surface area contributed by atoms with Crippen molar-refractivity contribution in [1.29, 1.82) is 0 Å². The number of methoxy groups -OCH3 is 1. The van der Waals surface area contributed by atoms with Gasteiger partial charge in [0.15, 0.2) is 0 Å². The summed E-state index contributed by atoms with van der Waals surface area (Å²) < 4.78 is 11.3. The highest BCUT2D eigenvalue weighted by atomic mass is 16.5. The van der Waals surface area contributed by atoms with Gasteiger partial charge in [-0.25, -0.2) is 4.79 Å². The lowest BCUT2D eigenvalue weighted by Crippen LogP contribution is -2.29. The normalized spacial score (nSPS) is 27.1. The van der Waals surface area contributed by atoms with E-state index in [9.17, 15) is 4.79 Å². The number of rotatable bonds is 4. The summed E-state index contributed by atoms with van der Waals surface area (Å²) in [5, 5.41) is 8.82. The summed E-state index contributed by atoms with van der Waals surface area (Å²) in [7, 11) is 1.72. The lowest BCUT2D eigenvalue weighted by molar-refractivity contribution is 0.0558. The van der Waals surface area contributed by atoms with Crippen LogP contribution < -0.4 is 4.74 Å². The van der Waals surface area contributed by atoms with Crippen molar-refractivity contribution >= 4 is 5.97 Å². The second-order valence-corrected chi connectivity index (χ2v) is 4.98. The van der Waals surface area contributed by atoms with Crippen LogP contribution in [0.3, 0.4) is 0 Å². The highest BCUT2D eigenvalue weighted by Crippen LogP contribution is 2.35. The molecular weight excluding hydrogens is 232 g/mol. The summed E-state index contributed by atoms with van der Waals surface area (Å²) in [5.41, 5.74) is 0.0551. The number of hydrogen-bond acceptors (Lipinski definition) is 3. The van der Waals surface area contributed by atoms with Crippen molar-refractivity contribution < 1.29 is 19.4 Å². The van der Waals surface area contributed by atoms with Gasteiger partial charge in [0.1, 0.15) is 11.4 Å². The third-order valence-electron chi connectivity index (χ3n) is 3.45. The Balaban J connectivity index is 2.03. The van der Waals surface area contributed by atoms with E-state index in [1.54, 1.807) is 31.4 Å². The van der Waals surface area contributed by atoms with Crippen LogP contribution in [-0.4, -0.2) is 29.9 Å². The first kappa shape index (κ1) is 12.9. The maximum absolute atomic E-state index is 10.7. The van der Waals surface area contributed by atoms with Crippen LogP contribution in [0, 0.1) is 0 Å². The van der Waals surface area contributed by atoms with Crippen LogP contribution in [0.2, 0.25) is 0 Å². The second-order valence-electron chi connectivity index (χ2n) is 4.98.